The first-order valence-corrected chi connectivity index (χ1v) is 15.0. The number of nitrogens with zero attached hydrogens (tertiary/aromatic N) is 2. The summed E-state index contributed by atoms with van der Waals surface area (Å²) in [5, 5.41) is 3.42. The molecule has 8 nitrogen and oxygen atoms in total. The number of hydrogen-bond donors (Lipinski definition) is 1. The fourth-order valence-electron chi connectivity index (χ4n) is 3.96. The Morgan fingerprint density at radius 2 is 1.56 bits per heavy atom. The lowest BCUT2D eigenvalue weighted by Gasteiger charge is -2.32. The zero-order valence-electron chi connectivity index (χ0n) is 21.9. The van der Waals surface area contributed by atoms with E-state index in [2.05, 4.69) is 5.32 Å². The molecule has 0 spiro atoms. The lowest BCUT2D eigenvalue weighted by molar-refractivity contribution is -0.140. The van der Waals surface area contributed by atoms with E-state index in [0.717, 1.165) is 10.6 Å². The minimum absolute atomic E-state index is 0.0345. The minimum atomic E-state index is -3.86. The Balaban J connectivity index is 1.90. The average Bonchev–Trinajstić information content (AvgIpc) is 2.90. The van der Waals surface area contributed by atoms with Gasteiger partial charge in [0, 0.05) is 13.1 Å². The molecule has 2 amide bonds. The SMILES string of the molecule is CCNC(=O)C(CC)N(Cc1ccc(Cl)c(Cl)c1)C(=O)CN(c1ccc(Oc2ccccc2)cc1)S(C)(=O)=O. The molecule has 0 aromatic heterocycles. The summed E-state index contributed by atoms with van der Waals surface area (Å²) in [6.07, 6.45) is 1.35. The van der Waals surface area contributed by atoms with Crippen LogP contribution in [0.1, 0.15) is 25.8 Å². The lowest BCUT2D eigenvalue weighted by atomic mass is 10.1. The number of hydrogen-bond acceptors (Lipinski definition) is 5. The van der Waals surface area contributed by atoms with Gasteiger partial charge in [-0.2, -0.15) is 0 Å². The van der Waals surface area contributed by atoms with E-state index in [0.29, 0.717) is 40.1 Å². The Morgan fingerprint density at radius 3 is 2.13 bits per heavy atom. The first kappa shape index (κ1) is 30.3. The molecule has 0 heterocycles. The van der Waals surface area contributed by atoms with E-state index < -0.39 is 28.5 Å². The fourth-order valence-corrected chi connectivity index (χ4v) is 5.14. The normalized spacial score (nSPS) is 11.9. The molecule has 3 aromatic rings. The summed E-state index contributed by atoms with van der Waals surface area (Å²) >= 11 is 12.2. The molecule has 3 aromatic carbocycles. The van der Waals surface area contributed by atoms with Crippen LogP contribution in [0.4, 0.5) is 5.69 Å². The Morgan fingerprint density at radius 1 is 0.923 bits per heavy atom. The third kappa shape index (κ3) is 8.36. The Hall–Kier alpha value is -3.27. The predicted octanol–water partition coefficient (Wildman–Crippen LogP) is 5.50. The van der Waals surface area contributed by atoms with Crippen molar-refractivity contribution in [3.63, 3.8) is 0 Å². The van der Waals surface area contributed by atoms with Crippen molar-refractivity contribution in [2.24, 2.45) is 0 Å². The third-order valence-electron chi connectivity index (χ3n) is 5.86. The van der Waals surface area contributed by atoms with Crippen LogP contribution in [0.2, 0.25) is 10.0 Å². The molecular formula is C28H31Cl2N3O5S. The van der Waals surface area contributed by atoms with Crippen molar-refractivity contribution in [3.05, 3.63) is 88.4 Å². The average molecular weight is 593 g/mol. The topological polar surface area (TPSA) is 96.0 Å². The highest BCUT2D eigenvalue weighted by Gasteiger charge is 2.31. The van der Waals surface area contributed by atoms with E-state index in [9.17, 15) is 18.0 Å². The molecule has 0 aliphatic heterocycles. The van der Waals surface area contributed by atoms with E-state index in [-0.39, 0.29) is 18.1 Å². The largest absolute Gasteiger partial charge is 0.457 e. The highest BCUT2D eigenvalue weighted by molar-refractivity contribution is 7.92. The number of likely N-dealkylation sites (N-methyl/N-ethyl adjacent to an activating group) is 1. The van der Waals surface area contributed by atoms with E-state index in [1.807, 2.05) is 18.2 Å². The number of benzene rings is 3. The number of rotatable bonds is 12. The molecule has 11 heteroatoms. The lowest BCUT2D eigenvalue weighted by Crippen LogP contribution is -2.52. The van der Waals surface area contributed by atoms with Crippen molar-refractivity contribution in [1.29, 1.82) is 0 Å². The smallest absolute Gasteiger partial charge is 0.244 e. The van der Waals surface area contributed by atoms with Crippen LogP contribution in [0.25, 0.3) is 0 Å². The van der Waals surface area contributed by atoms with Gasteiger partial charge in [0.1, 0.15) is 24.1 Å². The van der Waals surface area contributed by atoms with Crippen LogP contribution < -0.4 is 14.4 Å². The number of sulfonamides is 1. The summed E-state index contributed by atoms with van der Waals surface area (Å²) in [6, 6.07) is 19.7. The summed E-state index contributed by atoms with van der Waals surface area (Å²) in [5.74, 6) is 0.263. The van der Waals surface area contributed by atoms with Gasteiger partial charge in [-0.15, -0.1) is 0 Å². The maximum Gasteiger partial charge on any atom is 0.244 e. The summed E-state index contributed by atoms with van der Waals surface area (Å²) in [4.78, 5) is 27.9. The number of nitrogens with one attached hydrogen (secondary N) is 1. The second kappa shape index (κ2) is 13.7. The molecule has 0 radical (unpaired) electrons. The summed E-state index contributed by atoms with van der Waals surface area (Å²) in [7, 11) is -3.86. The molecular weight excluding hydrogens is 561 g/mol. The Kier molecular flexibility index (Phi) is 10.6. The molecule has 1 atom stereocenters. The third-order valence-corrected chi connectivity index (χ3v) is 7.74. The van der Waals surface area contributed by atoms with Gasteiger partial charge in [0.05, 0.1) is 22.0 Å². The van der Waals surface area contributed by atoms with Crippen LogP contribution in [0.5, 0.6) is 11.5 Å². The van der Waals surface area contributed by atoms with Gasteiger partial charge in [0.15, 0.2) is 0 Å². The fraction of sp³-hybridized carbons (Fsp3) is 0.286. The van der Waals surface area contributed by atoms with Gasteiger partial charge in [-0.25, -0.2) is 8.42 Å². The number of ether oxygens (including phenoxy) is 1. The van der Waals surface area contributed by atoms with Crippen LogP contribution in [-0.2, 0) is 26.2 Å². The molecule has 39 heavy (non-hydrogen) atoms. The molecule has 1 N–H and O–H groups in total. The molecule has 0 saturated heterocycles. The van der Waals surface area contributed by atoms with E-state index in [1.54, 1.807) is 68.4 Å². The number of halogens is 2. The quantitative estimate of drug-likeness (QED) is 0.300. The highest BCUT2D eigenvalue weighted by Crippen LogP contribution is 2.27. The molecule has 0 aliphatic carbocycles. The molecule has 0 fully saturated rings. The number of amides is 2. The van der Waals surface area contributed by atoms with Crippen molar-refractivity contribution in [2.75, 3.05) is 23.7 Å². The molecule has 0 bridgehead atoms. The molecule has 1 unspecified atom stereocenters. The zero-order valence-corrected chi connectivity index (χ0v) is 24.3. The van der Waals surface area contributed by atoms with Crippen LogP contribution >= 0.6 is 23.2 Å². The van der Waals surface area contributed by atoms with Crippen molar-refractivity contribution in [1.82, 2.24) is 10.2 Å². The number of para-hydroxylation sites is 1. The van der Waals surface area contributed by atoms with Gasteiger partial charge in [-0.3, -0.25) is 13.9 Å². The van der Waals surface area contributed by atoms with Crippen molar-refractivity contribution in [3.8, 4) is 11.5 Å². The predicted molar refractivity (Wildman–Crippen MR) is 155 cm³/mol. The Bertz CT molecular complexity index is 1390. The number of carbonyl (C=O) groups excluding carboxylic acids is 2. The standard InChI is InChI=1S/C28H31Cl2N3O5S/c1-4-26(28(35)31-5-2)32(18-20-11-16-24(29)25(30)17-20)27(34)19-33(39(3,36)37)21-12-14-23(15-13-21)38-22-9-7-6-8-10-22/h6-17,26H,4-5,18-19H2,1-3H3,(H,31,35). The molecule has 208 valence electrons. The first-order valence-electron chi connectivity index (χ1n) is 12.3. The monoisotopic (exact) mass is 591 g/mol. The molecule has 0 saturated carbocycles. The number of anilines is 1. The highest BCUT2D eigenvalue weighted by atomic mass is 35.5. The first-order chi connectivity index (χ1) is 18.5. The van der Waals surface area contributed by atoms with Crippen molar-refractivity contribution >= 4 is 50.7 Å². The van der Waals surface area contributed by atoms with Gasteiger partial charge in [0.25, 0.3) is 0 Å². The van der Waals surface area contributed by atoms with E-state index in [1.165, 1.54) is 4.90 Å². The second-order valence-electron chi connectivity index (χ2n) is 8.77. The molecule has 0 aliphatic rings. The van der Waals surface area contributed by atoms with Crippen LogP contribution in [0.3, 0.4) is 0 Å². The van der Waals surface area contributed by atoms with Crippen LogP contribution in [-0.4, -0.2) is 50.5 Å². The van der Waals surface area contributed by atoms with Crippen molar-refractivity contribution in [2.45, 2.75) is 32.9 Å². The van der Waals surface area contributed by atoms with E-state index >= 15 is 0 Å². The van der Waals surface area contributed by atoms with Gasteiger partial charge in [0.2, 0.25) is 21.8 Å². The maximum atomic E-state index is 13.7. The Labute approximate surface area is 239 Å². The molecule has 3 rings (SSSR count). The van der Waals surface area contributed by atoms with Crippen LogP contribution in [0, 0.1) is 0 Å². The van der Waals surface area contributed by atoms with Gasteiger partial charge < -0.3 is 15.0 Å². The van der Waals surface area contributed by atoms with Gasteiger partial charge in [-0.1, -0.05) is 54.4 Å². The minimum Gasteiger partial charge on any atom is -0.457 e. The zero-order chi connectivity index (χ0) is 28.6. The summed E-state index contributed by atoms with van der Waals surface area (Å²) in [6.45, 7) is 3.49. The second-order valence-corrected chi connectivity index (χ2v) is 11.5. The van der Waals surface area contributed by atoms with Crippen molar-refractivity contribution < 1.29 is 22.7 Å². The summed E-state index contributed by atoms with van der Waals surface area (Å²) in [5.41, 5.74) is 0.931. The van der Waals surface area contributed by atoms with Gasteiger partial charge in [-0.05, 0) is 67.4 Å². The van der Waals surface area contributed by atoms with Crippen LogP contribution in [0.15, 0.2) is 72.8 Å². The van der Waals surface area contributed by atoms with E-state index in [4.69, 9.17) is 27.9 Å². The maximum absolute atomic E-state index is 13.7. The number of carbonyl (C=O) groups is 2. The summed E-state index contributed by atoms with van der Waals surface area (Å²) < 4.78 is 32.4. The van der Waals surface area contributed by atoms with Gasteiger partial charge >= 0.3 is 0 Å².